The molecule has 2 aromatic carbocycles. The number of hydrogen-bond donors (Lipinski definition) is 1. The fourth-order valence-electron chi connectivity index (χ4n) is 4.09. The number of hydrogen-bond acceptors (Lipinski definition) is 5. The molecule has 0 aromatic heterocycles. The summed E-state index contributed by atoms with van der Waals surface area (Å²) in [6.45, 7) is 8.78. The van der Waals surface area contributed by atoms with Gasteiger partial charge in [-0.05, 0) is 40.7 Å². The lowest BCUT2D eigenvalue weighted by molar-refractivity contribution is -0.140. The Bertz CT molecular complexity index is 1060. The van der Waals surface area contributed by atoms with Gasteiger partial charge in [-0.25, -0.2) is 0 Å². The Hall–Kier alpha value is -3.12. The van der Waals surface area contributed by atoms with Crippen LogP contribution in [0.3, 0.4) is 0 Å². The predicted octanol–water partition coefficient (Wildman–Crippen LogP) is 4.62. The Kier molecular flexibility index (Phi) is 7.28. The molecule has 1 saturated heterocycles. The largest absolute Gasteiger partial charge is 0.507 e. The number of aliphatic hydroxyl groups excluding tert-OH is 1. The minimum absolute atomic E-state index is 0.0599. The van der Waals surface area contributed by atoms with Gasteiger partial charge in [0.05, 0.1) is 30.9 Å². The minimum Gasteiger partial charge on any atom is -0.507 e. The topological polar surface area (TPSA) is 76.1 Å². The summed E-state index contributed by atoms with van der Waals surface area (Å²) >= 11 is 0. The van der Waals surface area contributed by atoms with Crippen molar-refractivity contribution < 1.29 is 24.2 Å². The van der Waals surface area contributed by atoms with Crippen LogP contribution in [0.1, 0.15) is 56.0 Å². The van der Waals surface area contributed by atoms with Crippen LogP contribution in [0.15, 0.2) is 48.0 Å². The number of benzene rings is 2. The highest BCUT2D eigenvalue weighted by molar-refractivity contribution is 6.46. The molecule has 33 heavy (non-hydrogen) atoms. The van der Waals surface area contributed by atoms with Crippen molar-refractivity contribution in [1.82, 2.24) is 4.90 Å². The summed E-state index contributed by atoms with van der Waals surface area (Å²) in [6.07, 6.45) is 0.876. The number of nitrogens with zero attached hydrogens (tertiary/aromatic N) is 1. The fraction of sp³-hybridized carbons (Fsp3) is 0.407. The number of ether oxygens (including phenoxy) is 2. The van der Waals surface area contributed by atoms with Crippen molar-refractivity contribution in [3.8, 4) is 5.75 Å². The van der Waals surface area contributed by atoms with Crippen molar-refractivity contribution in [2.24, 2.45) is 0 Å². The van der Waals surface area contributed by atoms with E-state index in [1.54, 1.807) is 13.2 Å². The zero-order valence-electron chi connectivity index (χ0n) is 20.3. The van der Waals surface area contributed by atoms with Crippen molar-refractivity contribution in [1.29, 1.82) is 0 Å². The Morgan fingerprint density at radius 1 is 1.06 bits per heavy atom. The first kappa shape index (κ1) is 24.5. The number of likely N-dealkylation sites (tertiary alicyclic amines) is 1. The second-order valence-electron chi connectivity index (χ2n) is 9.25. The van der Waals surface area contributed by atoms with Gasteiger partial charge in [-0.15, -0.1) is 0 Å². The second kappa shape index (κ2) is 9.79. The van der Waals surface area contributed by atoms with Gasteiger partial charge in [0.25, 0.3) is 11.7 Å². The number of methoxy groups -OCH3 is 2. The Labute approximate surface area is 195 Å². The van der Waals surface area contributed by atoms with Gasteiger partial charge in [0.2, 0.25) is 0 Å². The molecule has 0 spiro atoms. The molecule has 1 aliphatic rings. The second-order valence-corrected chi connectivity index (χ2v) is 9.25. The number of aliphatic hydroxyl groups is 1. The van der Waals surface area contributed by atoms with E-state index in [0.717, 1.165) is 23.1 Å². The van der Waals surface area contributed by atoms with E-state index in [0.29, 0.717) is 11.3 Å². The molecule has 1 unspecified atom stereocenters. The van der Waals surface area contributed by atoms with E-state index in [1.165, 1.54) is 12.0 Å². The number of aryl methyl sites for hydroxylation is 1. The van der Waals surface area contributed by atoms with Crippen LogP contribution >= 0.6 is 0 Å². The quantitative estimate of drug-likeness (QED) is 0.378. The summed E-state index contributed by atoms with van der Waals surface area (Å²) in [6, 6.07) is 12.6. The van der Waals surface area contributed by atoms with Crippen LogP contribution in [0.2, 0.25) is 0 Å². The van der Waals surface area contributed by atoms with Crippen molar-refractivity contribution in [3.63, 3.8) is 0 Å². The molecule has 1 amide bonds. The third-order valence-corrected chi connectivity index (χ3v) is 6.10. The molecule has 0 saturated carbocycles. The van der Waals surface area contributed by atoms with Gasteiger partial charge >= 0.3 is 0 Å². The fourth-order valence-corrected chi connectivity index (χ4v) is 4.09. The molecule has 1 N–H and O–H groups in total. The Balaban J connectivity index is 2.24. The third kappa shape index (κ3) is 4.81. The van der Waals surface area contributed by atoms with Crippen LogP contribution in [-0.2, 0) is 26.2 Å². The molecule has 1 heterocycles. The lowest BCUT2D eigenvalue weighted by Crippen LogP contribution is -2.32. The van der Waals surface area contributed by atoms with E-state index in [4.69, 9.17) is 9.47 Å². The first-order chi connectivity index (χ1) is 15.6. The van der Waals surface area contributed by atoms with Gasteiger partial charge in [-0.3, -0.25) is 9.59 Å². The van der Waals surface area contributed by atoms with E-state index in [2.05, 4.69) is 27.7 Å². The van der Waals surface area contributed by atoms with Gasteiger partial charge in [-0.1, -0.05) is 58.0 Å². The average Bonchev–Trinajstić information content (AvgIpc) is 3.06. The number of rotatable bonds is 7. The van der Waals surface area contributed by atoms with E-state index < -0.39 is 17.7 Å². The maximum Gasteiger partial charge on any atom is 0.295 e. The highest BCUT2D eigenvalue weighted by Gasteiger charge is 2.46. The molecule has 1 fully saturated rings. The zero-order chi connectivity index (χ0) is 24.3. The molecule has 2 aromatic rings. The Morgan fingerprint density at radius 3 is 2.27 bits per heavy atom. The highest BCUT2D eigenvalue weighted by atomic mass is 16.5. The van der Waals surface area contributed by atoms with Crippen molar-refractivity contribution in [2.75, 3.05) is 27.4 Å². The smallest absolute Gasteiger partial charge is 0.295 e. The predicted molar refractivity (Wildman–Crippen MR) is 128 cm³/mol. The molecule has 3 rings (SSSR count). The maximum atomic E-state index is 13.2. The summed E-state index contributed by atoms with van der Waals surface area (Å²) < 4.78 is 10.7. The van der Waals surface area contributed by atoms with Crippen molar-refractivity contribution >= 4 is 17.4 Å². The third-order valence-electron chi connectivity index (χ3n) is 6.10. The van der Waals surface area contributed by atoms with Crippen LogP contribution in [0.4, 0.5) is 0 Å². The molecule has 0 aliphatic carbocycles. The summed E-state index contributed by atoms with van der Waals surface area (Å²) in [5.74, 6) is -1.16. The van der Waals surface area contributed by atoms with E-state index in [1.807, 2.05) is 36.4 Å². The Morgan fingerprint density at radius 2 is 1.73 bits per heavy atom. The van der Waals surface area contributed by atoms with Crippen molar-refractivity contribution in [2.45, 2.75) is 45.6 Å². The van der Waals surface area contributed by atoms with Gasteiger partial charge in [0, 0.05) is 13.7 Å². The molecular weight excluding hydrogens is 418 g/mol. The molecule has 6 nitrogen and oxygen atoms in total. The number of carbonyl (C=O) groups is 2. The first-order valence-electron chi connectivity index (χ1n) is 11.2. The first-order valence-corrected chi connectivity index (χ1v) is 11.2. The lowest BCUT2D eigenvalue weighted by atomic mass is 9.85. The van der Waals surface area contributed by atoms with Crippen LogP contribution in [-0.4, -0.2) is 49.1 Å². The zero-order valence-corrected chi connectivity index (χ0v) is 20.3. The number of carbonyl (C=O) groups excluding carboxylic acids is 2. The number of amides is 1. The summed E-state index contributed by atoms with van der Waals surface area (Å²) in [5, 5.41) is 11.5. The van der Waals surface area contributed by atoms with Crippen LogP contribution < -0.4 is 4.74 Å². The molecule has 1 atom stereocenters. The SMILES string of the molecule is CCc1ccc(C2/C(=C(\O)c3cc(C(C)(C)C)ccc3OC)C(=O)C(=O)N2CCOC)cc1. The standard InChI is InChI=1S/C27H33NO5/c1-7-17-8-10-18(11-9-17)23-22(25(30)26(31)28(23)14-15-32-5)24(29)20-16-19(27(2,3)4)12-13-21(20)33-6/h8-13,16,23,29H,7,14-15H2,1-6H3/b24-22+. The number of Topliss-reactive ketones (excluding diaryl/α,β-unsaturated/α-hetero) is 1. The molecule has 0 bridgehead atoms. The highest BCUT2D eigenvalue weighted by Crippen LogP contribution is 2.41. The van der Waals surface area contributed by atoms with Crippen LogP contribution in [0, 0.1) is 0 Å². The maximum absolute atomic E-state index is 13.2. The van der Waals surface area contributed by atoms with Crippen LogP contribution in [0.5, 0.6) is 5.75 Å². The molecule has 1 aliphatic heterocycles. The van der Waals surface area contributed by atoms with Gasteiger partial charge < -0.3 is 19.5 Å². The normalized spacial score (nSPS) is 18.1. The molecular formula is C27H33NO5. The lowest BCUT2D eigenvalue weighted by Gasteiger charge is -2.26. The van der Waals surface area contributed by atoms with E-state index in [9.17, 15) is 14.7 Å². The monoisotopic (exact) mass is 451 g/mol. The number of ketones is 1. The van der Waals surface area contributed by atoms with E-state index in [-0.39, 0.29) is 29.9 Å². The minimum atomic E-state index is -0.714. The van der Waals surface area contributed by atoms with E-state index >= 15 is 0 Å². The summed E-state index contributed by atoms with van der Waals surface area (Å²) in [7, 11) is 3.06. The van der Waals surface area contributed by atoms with Crippen LogP contribution in [0.25, 0.3) is 5.76 Å². The van der Waals surface area contributed by atoms with Gasteiger partial charge in [-0.2, -0.15) is 0 Å². The summed E-state index contributed by atoms with van der Waals surface area (Å²) in [5.41, 5.74) is 3.15. The van der Waals surface area contributed by atoms with Crippen molar-refractivity contribution in [3.05, 3.63) is 70.3 Å². The van der Waals surface area contributed by atoms with Gasteiger partial charge in [0.15, 0.2) is 0 Å². The van der Waals surface area contributed by atoms with Gasteiger partial charge in [0.1, 0.15) is 11.5 Å². The molecule has 0 radical (unpaired) electrons. The average molecular weight is 452 g/mol. The summed E-state index contributed by atoms with van der Waals surface area (Å²) in [4.78, 5) is 27.7. The molecule has 6 heteroatoms. The molecule has 176 valence electrons.